The van der Waals surface area contributed by atoms with E-state index >= 15 is 0 Å². The summed E-state index contributed by atoms with van der Waals surface area (Å²) in [5, 5.41) is 0. The van der Waals surface area contributed by atoms with Crippen LogP contribution in [0.5, 0.6) is 0 Å². The molecule has 0 saturated carbocycles. The van der Waals surface area contributed by atoms with Crippen LogP contribution in [0.1, 0.15) is 30.5 Å². The van der Waals surface area contributed by atoms with E-state index in [4.69, 9.17) is 0 Å². The predicted octanol–water partition coefficient (Wildman–Crippen LogP) is 3.96. The first-order valence-electron chi connectivity index (χ1n) is 9.28. The topological polar surface area (TPSA) is 36.4 Å². The molecule has 1 aromatic heterocycles. The van der Waals surface area contributed by atoms with E-state index in [1.807, 2.05) is 25.2 Å². The summed E-state index contributed by atoms with van der Waals surface area (Å²) in [4.78, 5) is 20.9. The first-order chi connectivity index (χ1) is 12.7. The zero-order chi connectivity index (χ0) is 18.2. The summed E-state index contributed by atoms with van der Waals surface area (Å²) in [6.45, 7) is 2.97. The van der Waals surface area contributed by atoms with E-state index in [-0.39, 0.29) is 5.91 Å². The Bertz CT molecular complexity index is 684. The number of rotatable bonds is 7. The Morgan fingerprint density at radius 3 is 2.58 bits per heavy atom. The van der Waals surface area contributed by atoms with E-state index in [1.54, 1.807) is 22.9 Å². The molecule has 3 rings (SSSR count). The van der Waals surface area contributed by atoms with Gasteiger partial charge < -0.3 is 9.80 Å². The molecule has 1 aromatic carbocycles. The number of amides is 1. The summed E-state index contributed by atoms with van der Waals surface area (Å²) in [5.74, 6) is 1.41. The lowest BCUT2D eigenvalue weighted by molar-refractivity contribution is -0.127. The minimum atomic E-state index is 0.158. The van der Waals surface area contributed by atoms with Crippen molar-refractivity contribution in [2.24, 2.45) is 0 Å². The van der Waals surface area contributed by atoms with E-state index in [0.29, 0.717) is 12.3 Å². The summed E-state index contributed by atoms with van der Waals surface area (Å²) >= 11 is 1.61. The van der Waals surface area contributed by atoms with Gasteiger partial charge in [-0.25, -0.2) is 0 Å². The molecule has 26 heavy (non-hydrogen) atoms. The van der Waals surface area contributed by atoms with Gasteiger partial charge in [0.15, 0.2) is 0 Å². The summed E-state index contributed by atoms with van der Waals surface area (Å²) in [5.41, 5.74) is 3.49. The second-order valence-electron chi connectivity index (χ2n) is 6.78. The molecule has 5 heteroatoms. The molecule has 1 aliphatic rings. The van der Waals surface area contributed by atoms with E-state index in [1.165, 1.54) is 30.5 Å². The van der Waals surface area contributed by atoms with Crippen LogP contribution >= 0.6 is 11.8 Å². The van der Waals surface area contributed by atoms with Crippen LogP contribution in [0.15, 0.2) is 48.7 Å². The molecule has 0 N–H and O–H groups in total. The maximum Gasteiger partial charge on any atom is 0.232 e. The first-order valence-corrected chi connectivity index (χ1v) is 10.4. The Hall–Kier alpha value is -2.01. The van der Waals surface area contributed by atoms with E-state index in [0.717, 1.165) is 24.5 Å². The quantitative estimate of drug-likeness (QED) is 0.740. The summed E-state index contributed by atoms with van der Waals surface area (Å²) in [6, 6.07) is 14.5. The number of anilines is 1. The number of carbonyl (C=O) groups excluding carboxylic acids is 1. The number of pyridine rings is 1. The van der Waals surface area contributed by atoms with Crippen LogP contribution in [-0.2, 0) is 17.1 Å². The van der Waals surface area contributed by atoms with Crippen LogP contribution in [0.2, 0.25) is 0 Å². The van der Waals surface area contributed by atoms with Crippen molar-refractivity contribution in [1.29, 1.82) is 0 Å². The van der Waals surface area contributed by atoms with Gasteiger partial charge in [-0.3, -0.25) is 9.78 Å². The third-order valence-corrected chi connectivity index (χ3v) is 5.66. The monoisotopic (exact) mass is 369 g/mol. The molecule has 0 radical (unpaired) electrons. The molecule has 1 amide bonds. The summed E-state index contributed by atoms with van der Waals surface area (Å²) in [7, 11) is 1.88. The highest BCUT2D eigenvalue weighted by Gasteiger charge is 2.12. The molecule has 1 saturated heterocycles. The zero-order valence-electron chi connectivity index (χ0n) is 15.4. The van der Waals surface area contributed by atoms with Crippen molar-refractivity contribution in [2.45, 2.75) is 31.6 Å². The van der Waals surface area contributed by atoms with Crippen molar-refractivity contribution in [2.75, 3.05) is 30.8 Å². The standard InChI is InChI=1S/C21H27N3OS/c1-23(21(25)17-26-16-19-7-3-4-12-22-19)15-18-8-10-20(11-9-18)24-13-5-2-6-14-24/h3-4,7-12H,2,5-6,13-17H2,1H3. The van der Waals surface area contributed by atoms with E-state index in [9.17, 15) is 4.79 Å². The summed E-state index contributed by atoms with van der Waals surface area (Å²) in [6.07, 6.45) is 5.71. The van der Waals surface area contributed by atoms with Crippen molar-refractivity contribution >= 4 is 23.4 Å². The second kappa shape index (κ2) is 9.62. The minimum absolute atomic E-state index is 0.158. The van der Waals surface area contributed by atoms with Crippen LogP contribution in [0.4, 0.5) is 5.69 Å². The molecule has 0 atom stereocenters. The van der Waals surface area contributed by atoms with Crippen LogP contribution in [0.25, 0.3) is 0 Å². The van der Waals surface area contributed by atoms with Gasteiger partial charge in [-0.15, -0.1) is 11.8 Å². The maximum absolute atomic E-state index is 12.3. The highest BCUT2D eigenvalue weighted by Crippen LogP contribution is 2.20. The van der Waals surface area contributed by atoms with E-state index < -0.39 is 0 Å². The fraction of sp³-hybridized carbons (Fsp3) is 0.429. The number of carbonyl (C=O) groups is 1. The number of aromatic nitrogens is 1. The average molecular weight is 370 g/mol. The molecule has 1 aliphatic heterocycles. The smallest absolute Gasteiger partial charge is 0.232 e. The lowest BCUT2D eigenvalue weighted by Crippen LogP contribution is -2.29. The molecule has 2 aromatic rings. The lowest BCUT2D eigenvalue weighted by Gasteiger charge is -2.29. The van der Waals surface area contributed by atoms with Gasteiger partial charge in [0, 0.05) is 44.3 Å². The first kappa shape index (κ1) is 18.8. The van der Waals surface area contributed by atoms with Gasteiger partial charge in [0.2, 0.25) is 5.91 Å². The molecular weight excluding hydrogens is 342 g/mol. The minimum Gasteiger partial charge on any atom is -0.372 e. The van der Waals surface area contributed by atoms with Crippen LogP contribution in [0.3, 0.4) is 0 Å². The Morgan fingerprint density at radius 2 is 1.88 bits per heavy atom. The molecule has 0 aliphatic carbocycles. The third-order valence-electron chi connectivity index (χ3n) is 4.70. The number of thioether (sulfide) groups is 1. The van der Waals surface area contributed by atoms with Crippen LogP contribution in [0, 0.1) is 0 Å². The molecule has 2 heterocycles. The van der Waals surface area contributed by atoms with Gasteiger partial charge in [-0.2, -0.15) is 0 Å². The molecule has 1 fully saturated rings. The predicted molar refractivity (Wildman–Crippen MR) is 109 cm³/mol. The van der Waals surface area contributed by atoms with Gasteiger partial charge >= 0.3 is 0 Å². The number of piperidine rings is 1. The summed E-state index contributed by atoms with van der Waals surface area (Å²) < 4.78 is 0. The van der Waals surface area contributed by atoms with Gasteiger partial charge in [0.1, 0.15) is 0 Å². The van der Waals surface area contributed by atoms with Gasteiger partial charge in [-0.05, 0) is 49.1 Å². The van der Waals surface area contributed by atoms with Crippen LogP contribution < -0.4 is 4.90 Å². The number of hydrogen-bond donors (Lipinski definition) is 0. The Morgan fingerprint density at radius 1 is 1.12 bits per heavy atom. The van der Waals surface area contributed by atoms with Crippen molar-refractivity contribution in [3.8, 4) is 0 Å². The number of benzene rings is 1. The number of nitrogens with zero attached hydrogens (tertiary/aromatic N) is 3. The number of hydrogen-bond acceptors (Lipinski definition) is 4. The molecule has 4 nitrogen and oxygen atoms in total. The maximum atomic E-state index is 12.3. The van der Waals surface area contributed by atoms with Crippen molar-refractivity contribution in [3.63, 3.8) is 0 Å². The Balaban J connectivity index is 1.44. The van der Waals surface area contributed by atoms with Crippen molar-refractivity contribution in [1.82, 2.24) is 9.88 Å². The lowest BCUT2D eigenvalue weighted by atomic mass is 10.1. The average Bonchev–Trinajstić information content (AvgIpc) is 2.70. The Kier molecular flexibility index (Phi) is 6.95. The SMILES string of the molecule is CN(Cc1ccc(N2CCCCC2)cc1)C(=O)CSCc1ccccn1. The Labute approximate surface area is 160 Å². The van der Waals surface area contributed by atoms with Gasteiger partial charge in [-0.1, -0.05) is 18.2 Å². The highest BCUT2D eigenvalue weighted by atomic mass is 32.2. The molecule has 0 spiro atoms. The largest absolute Gasteiger partial charge is 0.372 e. The van der Waals surface area contributed by atoms with Crippen molar-refractivity contribution in [3.05, 3.63) is 59.9 Å². The molecule has 0 bridgehead atoms. The second-order valence-corrected chi connectivity index (χ2v) is 7.76. The van der Waals surface area contributed by atoms with Gasteiger partial charge in [0.05, 0.1) is 11.4 Å². The molecular formula is C21H27N3OS. The van der Waals surface area contributed by atoms with Crippen molar-refractivity contribution < 1.29 is 4.79 Å². The zero-order valence-corrected chi connectivity index (χ0v) is 16.3. The normalized spacial score (nSPS) is 14.3. The molecule has 138 valence electrons. The van der Waals surface area contributed by atoms with Crippen LogP contribution in [-0.4, -0.2) is 41.7 Å². The fourth-order valence-corrected chi connectivity index (χ4v) is 4.04. The third kappa shape index (κ3) is 5.49. The fourth-order valence-electron chi connectivity index (χ4n) is 3.16. The molecule has 0 unspecified atom stereocenters. The highest BCUT2D eigenvalue weighted by molar-refractivity contribution is 7.99. The van der Waals surface area contributed by atoms with E-state index in [2.05, 4.69) is 34.1 Å². The van der Waals surface area contributed by atoms with Gasteiger partial charge in [0.25, 0.3) is 0 Å².